The lowest BCUT2D eigenvalue weighted by atomic mass is 9.80. The van der Waals surface area contributed by atoms with Crippen LogP contribution in [0.5, 0.6) is 0 Å². The fraction of sp³-hybridized carbons (Fsp3) is 0.647. The molecule has 1 atom stereocenters. The molecule has 0 aromatic heterocycles. The lowest BCUT2D eigenvalue weighted by Crippen LogP contribution is -2.47. The quantitative estimate of drug-likeness (QED) is 0.790. The second-order valence-corrected chi connectivity index (χ2v) is 6.76. The predicted molar refractivity (Wildman–Crippen MR) is 92.4 cm³/mol. The van der Waals surface area contributed by atoms with Gasteiger partial charge in [0.05, 0.1) is 5.02 Å². The molecule has 3 rings (SSSR count). The zero-order valence-corrected chi connectivity index (χ0v) is 14.7. The van der Waals surface area contributed by atoms with E-state index < -0.39 is 5.82 Å². The summed E-state index contributed by atoms with van der Waals surface area (Å²) in [6, 6.07) is 2.23. The average molecular weight is 365 g/mol. The van der Waals surface area contributed by atoms with Gasteiger partial charge in [-0.2, -0.15) is 0 Å². The minimum absolute atomic E-state index is 0. The van der Waals surface area contributed by atoms with E-state index in [0.717, 1.165) is 45.1 Å². The third-order valence-corrected chi connectivity index (χ3v) is 5.40. The summed E-state index contributed by atoms with van der Waals surface area (Å²) in [5.41, 5.74) is 0.371. The maximum Gasteiger partial charge on any atom is 0.142 e. The Labute approximate surface area is 148 Å². The maximum absolute atomic E-state index is 14.5. The van der Waals surface area contributed by atoms with Crippen LogP contribution in [0.2, 0.25) is 5.02 Å². The molecule has 0 bridgehead atoms. The van der Waals surface area contributed by atoms with Gasteiger partial charge in [0.25, 0.3) is 0 Å². The number of piperazine rings is 1. The zero-order chi connectivity index (χ0) is 15.5. The summed E-state index contributed by atoms with van der Waals surface area (Å²) in [5, 5.41) is 3.29. The molecule has 0 spiro atoms. The number of nitrogens with one attached hydrogen (secondary N) is 1. The molecule has 1 aromatic carbocycles. The third-order valence-electron chi connectivity index (χ3n) is 5.02. The van der Waals surface area contributed by atoms with E-state index in [1.165, 1.54) is 25.3 Å². The standard InChI is InChI=1S/C17H23ClF2N2.ClH/c18-16-14(20)7-6-13(19)15(16)17(12-4-2-1-3-5-12)22-10-8-21-9-11-22;/h6-7,12,17,21H,1-5,8-11H2;1H/t17-;/m1./s1. The third kappa shape index (κ3) is 4.16. The van der Waals surface area contributed by atoms with Gasteiger partial charge in [-0.15, -0.1) is 12.4 Å². The van der Waals surface area contributed by atoms with E-state index in [1.807, 2.05) is 0 Å². The summed E-state index contributed by atoms with van der Waals surface area (Å²) in [6.07, 6.45) is 5.72. The van der Waals surface area contributed by atoms with Crippen molar-refractivity contribution in [2.24, 2.45) is 5.92 Å². The molecule has 1 aromatic rings. The summed E-state index contributed by atoms with van der Waals surface area (Å²) < 4.78 is 28.4. The second-order valence-electron chi connectivity index (χ2n) is 6.39. The van der Waals surface area contributed by atoms with Crippen LogP contribution in [-0.2, 0) is 0 Å². The molecule has 2 nitrogen and oxygen atoms in total. The van der Waals surface area contributed by atoms with Crippen LogP contribution in [0.1, 0.15) is 43.7 Å². The van der Waals surface area contributed by atoms with Crippen molar-refractivity contribution in [2.45, 2.75) is 38.1 Å². The predicted octanol–water partition coefficient (Wildman–Crippen LogP) is 4.57. The first-order valence-corrected chi connectivity index (χ1v) is 8.64. The normalized spacial score (nSPS) is 21.7. The first-order chi connectivity index (χ1) is 10.7. The smallest absolute Gasteiger partial charge is 0.142 e. The molecule has 2 aliphatic rings. The number of rotatable bonds is 3. The van der Waals surface area contributed by atoms with Gasteiger partial charge in [-0.05, 0) is 30.9 Å². The van der Waals surface area contributed by atoms with Crippen LogP contribution in [0.25, 0.3) is 0 Å². The summed E-state index contributed by atoms with van der Waals surface area (Å²) >= 11 is 6.17. The van der Waals surface area contributed by atoms with Crippen molar-refractivity contribution in [1.82, 2.24) is 10.2 Å². The van der Waals surface area contributed by atoms with Gasteiger partial charge in [0.15, 0.2) is 0 Å². The molecular weight excluding hydrogens is 341 g/mol. The van der Waals surface area contributed by atoms with E-state index >= 15 is 0 Å². The SMILES string of the molecule is Cl.Fc1ccc(F)c([C@@H](C2CCCCC2)N2CCNCC2)c1Cl. The second kappa shape index (κ2) is 8.61. The minimum atomic E-state index is -0.519. The molecule has 1 aliphatic carbocycles. The van der Waals surface area contributed by atoms with Crippen LogP contribution in [0, 0.1) is 17.6 Å². The number of halogens is 4. The molecule has 1 aliphatic heterocycles. The Bertz CT molecular complexity index is 498. The van der Waals surface area contributed by atoms with Crippen molar-refractivity contribution in [3.63, 3.8) is 0 Å². The van der Waals surface area contributed by atoms with E-state index in [1.54, 1.807) is 0 Å². The van der Waals surface area contributed by atoms with E-state index in [0.29, 0.717) is 11.5 Å². The monoisotopic (exact) mass is 364 g/mol. The van der Waals surface area contributed by atoms with Gasteiger partial charge >= 0.3 is 0 Å². The number of hydrogen-bond donors (Lipinski definition) is 1. The Hall–Kier alpha value is -0.420. The van der Waals surface area contributed by atoms with Crippen LogP contribution < -0.4 is 5.32 Å². The average Bonchev–Trinajstić information content (AvgIpc) is 2.57. The van der Waals surface area contributed by atoms with E-state index in [-0.39, 0.29) is 29.3 Å². The molecule has 1 saturated heterocycles. The topological polar surface area (TPSA) is 15.3 Å². The van der Waals surface area contributed by atoms with Crippen molar-refractivity contribution in [1.29, 1.82) is 0 Å². The molecule has 1 heterocycles. The molecular formula is C17H24Cl2F2N2. The van der Waals surface area contributed by atoms with Gasteiger partial charge in [0, 0.05) is 37.8 Å². The van der Waals surface area contributed by atoms with Gasteiger partial charge in [-0.1, -0.05) is 30.9 Å². The van der Waals surface area contributed by atoms with Gasteiger partial charge in [0.1, 0.15) is 11.6 Å². The first kappa shape index (κ1) is 18.9. The fourth-order valence-corrected chi connectivity index (χ4v) is 4.21. The summed E-state index contributed by atoms with van der Waals surface area (Å²) in [6.45, 7) is 3.48. The molecule has 130 valence electrons. The van der Waals surface area contributed by atoms with E-state index in [4.69, 9.17) is 11.6 Å². The Balaban J connectivity index is 0.00000192. The first-order valence-electron chi connectivity index (χ1n) is 8.26. The van der Waals surface area contributed by atoms with Crippen molar-refractivity contribution in [2.75, 3.05) is 26.2 Å². The largest absolute Gasteiger partial charge is 0.314 e. The minimum Gasteiger partial charge on any atom is -0.314 e. The summed E-state index contributed by atoms with van der Waals surface area (Å²) in [5.74, 6) is -0.532. The molecule has 1 N–H and O–H groups in total. The Morgan fingerprint density at radius 1 is 1.04 bits per heavy atom. The molecule has 0 amide bonds. The van der Waals surface area contributed by atoms with Crippen molar-refractivity contribution in [3.8, 4) is 0 Å². The number of hydrogen-bond acceptors (Lipinski definition) is 2. The highest BCUT2D eigenvalue weighted by molar-refractivity contribution is 6.31. The fourth-order valence-electron chi connectivity index (χ4n) is 3.94. The lowest BCUT2D eigenvalue weighted by Gasteiger charge is -2.41. The number of nitrogens with zero attached hydrogens (tertiary/aromatic N) is 1. The maximum atomic E-state index is 14.5. The van der Waals surface area contributed by atoms with Gasteiger partial charge < -0.3 is 5.32 Å². The summed E-state index contributed by atoms with van der Waals surface area (Å²) in [7, 11) is 0. The van der Waals surface area contributed by atoms with Crippen molar-refractivity contribution >= 4 is 24.0 Å². The molecule has 0 radical (unpaired) electrons. The lowest BCUT2D eigenvalue weighted by molar-refractivity contribution is 0.100. The highest BCUT2D eigenvalue weighted by Crippen LogP contribution is 2.42. The Morgan fingerprint density at radius 3 is 2.30 bits per heavy atom. The van der Waals surface area contributed by atoms with Crippen molar-refractivity contribution < 1.29 is 8.78 Å². The number of benzene rings is 1. The van der Waals surface area contributed by atoms with E-state index in [2.05, 4.69) is 10.2 Å². The zero-order valence-electron chi connectivity index (χ0n) is 13.2. The van der Waals surface area contributed by atoms with Crippen LogP contribution in [-0.4, -0.2) is 31.1 Å². The molecule has 1 saturated carbocycles. The molecule has 6 heteroatoms. The van der Waals surface area contributed by atoms with Crippen LogP contribution in [0.15, 0.2) is 12.1 Å². The molecule has 2 fully saturated rings. The molecule has 23 heavy (non-hydrogen) atoms. The van der Waals surface area contributed by atoms with Gasteiger partial charge in [-0.25, -0.2) is 8.78 Å². The van der Waals surface area contributed by atoms with Gasteiger partial charge in [0.2, 0.25) is 0 Å². The highest BCUT2D eigenvalue weighted by atomic mass is 35.5. The van der Waals surface area contributed by atoms with Crippen LogP contribution >= 0.6 is 24.0 Å². The highest BCUT2D eigenvalue weighted by Gasteiger charge is 2.34. The Morgan fingerprint density at radius 2 is 1.65 bits per heavy atom. The summed E-state index contributed by atoms with van der Waals surface area (Å²) in [4.78, 5) is 2.29. The van der Waals surface area contributed by atoms with Crippen LogP contribution in [0.3, 0.4) is 0 Å². The van der Waals surface area contributed by atoms with Gasteiger partial charge in [-0.3, -0.25) is 4.90 Å². The molecule has 0 unspecified atom stereocenters. The van der Waals surface area contributed by atoms with E-state index in [9.17, 15) is 8.78 Å². The van der Waals surface area contributed by atoms with Crippen molar-refractivity contribution in [3.05, 3.63) is 34.4 Å². The Kier molecular flexibility index (Phi) is 7.08. The van der Waals surface area contributed by atoms with Crippen LogP contribution in [0.4, 0.5) is 8.78 Å².